The number of carbonyl (C=O) groups excluding carboxylic acids is 1. The predicted octanol–water partition coefficient (Wildman–Crippen LogP) is 2.99. The van der Waals surface area contributed by atoms with Gasteiger partial charge >= 0.3 is 0 Å². The van der Waals surface area contributed by atoms with Crippen LogP contribution in [0.1, 0.15) is 21.7 Å². The third-order valence-electron chi connectivity index (χ3n) is 2.39. The lowest BCUT2D eigenvalue weighted by Gasteiger charge is -2.05. The van der Waals surface area contributed by atoms with Crippen LogP contribution in [0.4, 0.5) is 0 Å². The lowest BCUT2D eigenvalue weighted by Crippen LogP contribution is -2.13. The Bertz CT molecular complexity index is 310. The van der Waals surface area contributed by atoms with Gasteiger partial charge in [0.05, 0.1) is 4.88 Å². The number of hydrogen-bond donors (Lipinski definition) is 0. The third kappa shape index (κ3) is 1.81. The van der Waals surface area contributed by atoms with Crippen molar-refractivity contribution in [3.05, 3.63) is 21.9 Å². The van der Waals surface area contributed by atoms with Gasteiger partial charge in [0.15, 0.2) is 5.78 Å². The second-order valence-electron chi connectivity index (χ2n) is 3.36. The number of aryl methyl sites for hydroxylation is 1. The van der Waals surface area contributed by atoms with E-state index in [2.05, 4.69) is 0 Å². The van der Waals surface area contributed by atoms with Crippen LogP contribution >= 0.6 is 23.1 Å². The minimum atomic E-state index is 0.294. The fourth-order valence-corrected chi connectivity index (χ4v) is 3.72. The molecular formula is C10H12OS2. The Labute approximate surface area is 86.5 Å². The molecular weight excluding hydrogens is 200 g/mol. The minimum absolute atomic E-state index is 0.294. The van der Waals surface area contributed by atoms with Crippen molar-refractivity contribution in [1.82, 2.24) is 0 Å². The molecule has 2 heterocycles. The summed E-state index contributed by atoms with van der Waals surface area (Å²) in [6, 6.07) is 2.03. The van der Waals surface area contributed by atoms with Crippen molar-refractivity contribution >= 4 is 28.9 Å². The molecule has 70 valence electrons. The second kappa shape index (κ2) is 3.84. The Hall–Kier alpha value is -0.280. The second-order valence-corrected chi connectivity index (χ2v) is 5.42. The van der Waals surface area contributed by atoms with Crippen molar-refractivity contribution in [3.63, 3.8) is 0 Å². The highest BCUT2D eigenvalue weighted by Crippen LogP contribution is 2.29. The Morgan fingerprint density at radius 2 is 2.46 bits per heavy atom. The average Bonchev–Trinajstić information content (AvgIpc) is 2.72. The largest absolute Gasteiger partial charge is 0.293 e. The molecule has 0 saturated carbocycles. The van der Waals surface area contributed by atoms with Gasteiger partial charge in [-0.15, -0.1) is 11.3 Å². The van der Waals surface area contributed by atoms with Gasteiger partial charge in [0.2, 0.25) is 0 Å². The van der Waals surface area contributed by atoms with E-state index in [0.717, 1.165) is 28.4 Å². The molecule has 1 saturated heterocycles. The monoisotopic (exact) mass is 212 g/mol. The molecule has 1 atom stereocenters. The summed E-state index contributed by atoms with van der Waals surface area (Å²) in [4.78, 5) is 12.9. The summed E-state index contributed by atoms with van der Waals surface area (Å²) in [6.45, 7) is 2.02. The van der Waals surface area contributed by atoms with Crippen LogP contribution in [-0.4, -0.2) is 17.3 Å². The van der Waals surface area contributed by atoms with Gasteiger partial charge in [-0.2, -0.15) is 11.8 Å². The van der Waals surface area contributed by atoms with E-state index in [4.69, 9.17) is 0 Å². The third-order valence-corrected chi connectivity index (χ3v) is 4.58. The Morgan fingerprint density at radius 3 is 3.00 bits per heavy atom. The van der Waals surface area contributed by atoms with Gasteiger partial charge in [0.1, 0.15) is 0 Å². The summed E-state index contributed by atoms with van der Waals surface area (Å²) in [5, 5.41) is 2.00. The summed E-state index contributed by atoms with van der Waals surface area (Å²) in [5.74, 6) is 2.84. The average molecular weight is 212 g/mol. The van der Waals surface area contributed by atoms with Gasteiger partial charge in [0.25, 0.3) is 0 Å². The van der Waals surface area contributed by atoms with E-state index in [0.29, 0.717) is 11.7 Å². The summed E-state index contributed by atoms with van der Waals surface area (Å²) >= 11 is 3.48. The molecule has 0 spiro atoms. The first-order valence-electron chi connectivity index (χ1n) is 4.45. The molecule has 0 N–H and O–H groups in total. The van der Waals surface area contributed by atoms with E-state index >= 15 is 0 Å². The van der Waals surface area contributed by atoms with E-state index in [1.807, 2.05) is 30.1 Å². The Balaban J connectivity index is 2.17. The van der Waals surface area contributed by atoms with Crippen molar-refractivity contribution in [2.45, 2.75) is 13.3 Å². The molecule has 1 unspecified atom stereocenters. The maximum Gasteiger partial charge on any atom is 0.176 e. The van der Waals surface area contributed by atoms with Crippen LogP contribution in [0.2, 0.25) is 0 Å². The van der Waals surface area contributed by atoms with Crippen LogP contribution in [0.5, 0.6) is 0 Å². The molecule has 2 rings (SSSR count). The van der Waals surface area contributed by atoms with Crippen LogP contribution in [0.15, 0.2) is 11.4 Å². The fourth-order valence-electron chi connectivity index (χ4n) is 1.55. The van der Waals surface area contributed by atoms with Gasteiger partial charge < -0.3 is 0 Å². The van der Waals surface area contributed by atoms with Crippen LogP contribution < -0.4 is 0 Å². The quantitative estimate of drug-likeness (QED) is 0.701. The van der Waals surface area contributed by atoms with Crippen molar-refractivity contribution < 1.29 is 4.79 Å². The predicted molar refractivity (Wildman–Crippen MR) is 58.8 cm³/mol. The smallest absolute Gasteiger partial charge is 0.176 e. The Morgan fingerprint density at radius 1 is 1.62 bits per heavy atom. The molecule has 1 aromatic rings. The number of Topliss-reactive ketones (excluding diaryl/α,β-unsaturated/α-hetero) is 1. The van der Waals surface area contributed by atoms with Crippen molar-refractivity contribution in [1.29, 1.82) is 0 Å². The normalized spacial score (nSPS) is 22.1. The van der Waals surface area contributed by atoms with Crippen molar-refractivity contribution in [3.8, 4) is 0 Å². The topological polar surface area (TPSA) is 17.1 Å². The van der Waals surface area contributed by atoms with Gasteiger partial charge in [0, 0.05) is 11.7 Å². The molecule has 1 aliphatic rings. The maximum atomic E-state index is 11.9. The number of carbonyl (C=O) groups is 1. The van der Waals surface area contributed by atoms with E-state index in [1.54, 1.807) is 11.3 Å². The highest BCUT2D eigenvalue weighted by Gasteiger charge is 2.25. The van der Waals surface area contributed by atoms with Gasteiger partial charge in [-0.05, 0) is 36.1 Å². The molecule has 1 aromatic heterocycles. The highest BCUT2D eigenvalue weighted by molar-refractivity contribution is 7.99. The summed E-state index contributed by atoms with van der Waals surface area (Å²) in [6.07, 6.45) is 1.07. The zero-order valence-electron chi connectivity index (χ0n) is 7.58. The fraction of sp³-hybridized carbons (Fsp3) is 0.500. The number of hydrogen-bond acceptors (Lipinski definition) is 3. The lowest BCUT2D eigenvalue weighted by molar-refractivity contribution is 0.0937. The first-order valence-corrected chi connectivity index (χ1v) is 6.48. The number of ketones is 1. The molecule has 1 aliphatic heterocycles. The summed E-state index contributed by atoms with van der Waals surface area (Å²) < 4.78 is 0. The molecule has 0 radical (unpaired) electrons. The number of rotatable bonds is 2. The van der Waals surface area contributed by atoms with E-state index < -0.39 is 0 Å². The lowest BCUT2D eigenvalue weighted by atomic mass is 10.0. The van der Waals surface area contributed by atoms with Crippen molar-refractivity contribution in [2.24, 2.45) is 5.92 Å². The summed E-state index contributed by atoms with van der Waals surface area (Å²) in [5.41, 5.74) is 1.15. The van der Waals surface area contributed by atoms with Crippen LogP contribution in [0.3, 0.4) is 0 Å². The van der Waals surface area contributed by atoms with Crippen LogP contribution in [-0.2, 0) is 0 Å². The van der Waals surface area contributed by atoms with E-state index in [1.165, 1.54) is 0 Å². The molecule has 0 aliphatic carbocycles. The zero-order chi connectivity index (χ0) is 9.26. The molecule has 0 bridgehead atoms. The molecule has 0 aromatic carbocycles. The minimum Gasteiger partial charge on any atom is -0.293 e. The molecule has 13 heavy (non-hydrogen) atoms. The first-order chi connectivity index (χ1) is 6.29. The van der Waals surface area contributed by atoms with Gasteiger partial charge in [-0.1, -0.05) is 0 Å². The standard InChI is InChI=1S/C10H12OS2/c1-7-2-5-13-10(7)9(11)8-3-4-12-6-8/h2,5,8H,3-4,6H2,1H3. The van der Waals surface area contributed by atoms with Crippen LogP contribution in [0.25, 0.3) is 0 Å². The number of thiophene rings is 1. The molecule has 3 heteroatoms. The highest BCUT2D eigenvalue weighted by atomic mass is 32.2. The van der Waals surface area contributed by atoms with Gasteiger partial charge in [-0.3, -0.25) is 4.79 Å². The van der Waals surface area contributed by atoms with Crippen molar-refractivity contribution in [2.75, 3.05) is 11.5 Å². The summed E-state index contributed by atoms with van der Waals surface area (Å²) in [7, 11) is 0. The van der Waals surface area contributed by atoms with E-state index in [9.17, 15) is 4.79 Å². The number of thioether (sulfide) groups is 1. The molecule has 1 fully saturated rings. The molecule has 1 nitrogen and oxygen atoms in total. The van der Waals surface area contributed by atoms with E-state index in [-0.39, 0.29) is 0 Å². The zero-order valence-corrected chi connectivity index (χ0v) is 9.21. The van der Waals surface area contributed by atoms with Gasteiger partial charge in [-0.25, -0.2) is 0 Å². The van der Waals surface area contributed by atoms with Crippen LogP contribution in [0, 0.1) is 12.8 Å². The SMILES string of the molecule is Cc1ccsc1C(=O)C1CCSC1. The first kappa shape index (κ1) is 9.28. The maximum absolute atomic E-state index is 11.9. The Kier molecular flexibility index (Phi) is 2.74. The molecule has 0 amide bonds.